The first kappa shape index (κ1) is 25.9. The van der Waals surface area contributed by atoms with Crippen LogP contribution < -0.4 is 0 Å². The van der Waals surface area contributed by atoms with E-state index in [4.69, 9.17) is 9.47 Å². The predicted molar refractivity (Wildman–Crippen MR) is 129 cm³/mol. The third-order valence-electron chi connectivity index (χ3n) is 12.5. The number of Topliss-reactive ketones (excluding diaryl/α,β-unsaturated/α-hetero) is 1. The van der Waals surface area contributed by atoms with Crippen LogP contribution in [0.5, 0.6) is 0 Å². The lowest BCUT2D eigenvalue weighted by molar-refractivity contribution is -0.284. The first-order valence-electron chi connectivity index (χ1n) is 13.6. The van der Waals surface area contributed by atoms with E-state index in [1.165, 1.54) is 6.92 Å². The molecule has 0 bridgehead atoms. The second-order valence-corrected chi connectivity index (χ2v) is 13.5. The van der Waals surface area contributed by atoms with Crippen LogP contribution in [-0.4, -0.2) is 84.1 Å². The molecule has 0 amide bonds. The van der Waals surface area contributed by atoms with Crippen LogP contribution in [0.1, 0.15) is 79.6 Å². The molecule has 5 fully saturated rings. The Hall–Kier alpha value is -1.36. The smallest absolute Gasteiger partial charge is 0.334 e. The maximum absolute atomic E-state index is 13.5. The average molecular weight is 521 g/mol. The zero-order valence-electron chi connectivity index (χ0n) is 22.3. The Morgan fingerprint density at radius 1 is 1.00 bits per heavy atom. The van der Waals surface area contributed by atoms with Crippen molar-refractivity contribution in [3.63, 3.8) is 0 Å². The number of carbonyl (C=O) groups is 2. The van der Waals surface area contributed by atoms with Crippen molar-refractivity contribution in [1.29, 1.82) is 0 Å². The number of rotatable bonds is 2. The number of epoxide rings is 1. The number of hydrogen-bond acceptors (Lipinski definition) is 9. The number of hydrogen-bond donors (Lipinski definition) is 5. The Morgan fingerprint density at radius 3 is 2.32 bits per heavy atom. The summed E-state index contributed by atoms with van der Waals surface area (Å²) in [6.45, 7) is 8.62. The van der Waals surface area contributed by atoms with Gasteiger partial charge in [0.15, 0.2) is 0 Å². The van der Waals surface area contributed by atoms with E-state index in [0.29, 0.717) is 31.3 Å². The molecule has 37 heavy (non-hydrogen) atoms. The van der Waals surface area contributed by atoms with E-state index in [0.717, 1.165) is 5.57 Å². The van der Waals surface area contributed by atoms with Gasteiger partial charge in [0.2, 0.25) is 0 Å². The highest BCUT2D eigenvalue weighted by molar-refractivity contribution is 5.90. The quantitative estimate of drug-likeness (QED) is 0.264. The first-order valence-corrected chi connectivity index (χ1v) is 13.6. The van der Waals surface area contributed by atoms with Crippen LogP contribution in [0, 0.1) is 22.7 Å². The summed E-state index contributed by atoms with van der Waals surface area (Å²) in [5.74, 6) is -1.40. The number of ether oxygens (including phenoxy) is 2. The highest BCUT2D eigenvalue weighted by atomic mass is 16.6. The molecule has 2 aliphatic heterocycles. The average Bonchev–Trinajstić information content (AvgIpc) is 3.52. The van der Waals surface area contributed by atoms with Gasteiger partial charge in [-0.15, -0.1) is 0 Å². The van der Waals surface area contributed by atoms with Gasteiger partial charge in [-0.2, -0.15) is 0 Å². The maximum atomic E-state index is 13.5. The molecule has 9 heteroatoms. The normalized spacial score (nSPS) is 56.5. The van der Waals surface area contributed by atoms with Gasteiger partial charge >= 0.3 is 5.97 Å². The summed E-state index contributed by atoms with van der Waals surface area (Å²) in [6.07, 6.45) is -2.16. The van der Waals surface area contributed by atoms with Crippen molar-refractivity contribution in [3.05, 3.63) is 11.1 Å². The second-order valence-electron chi connectivity index (χ2n) is 13.5. The van der Waals surface area contributed by atoms with Crippen molar-refractivity contribution < 1.29 is 44.6 Å². The summed E-state index contributed by atoms with van der Waals surface area (Å²) in [6, 6.07) is 0. The largest absolute Gasteiger partial charge is 0.455 e. The molecule has 0 radical (unpaired) electrons. The fraction of sp³-hybridized carbons (Fsp3) is 0.857. The number of fused-ring (bicyclic) bond motifs is 4. The highest BCUT2D eigenvalue weighted by Crippen LogP contribution is 2.75. The van der Waals surface area contributed by atoms with Gasteiger partial charge in [-0.3, -0.25) is 4.79 Å². The highest BCUT2D eigenvalue weighted by Gasteiger charge is 2.85. The van der Waals surface area contributed by atoms with Gasteiger partial charge in [0, 0.05) is 23.8 Å². The van der Waals surface area contributed by atoms with Crippen molar-refractivity contribution in [2.75, 3.05) is 0 Å². The Morgan fingerprint density at radius 2 is 1.68 bits per heavy atom. The molecule has 4 aliphatic carbocycles. The van der Waals surface area contributed by atoms with Gasteiger partial charge < -0.3 is 35.0 Å². The summed E-state index contributed by atoms with van der Waals surface area (Å²) >= 11 is 0. The van der Waals surface area contributed by atoms with E-state index in [9.17, 15) is 35.1 Å². The molecule has 206 valence electrons. The lowest BCUT2D eigenvalue weighted by Gasteiger charge is -2.64. The van der Waals surface area contributed by atoms with Crippen molar-refractivity contribution in [3.8, 4) is 0 Å². The standard InChI is InChI=1S/C28H40O9/c1-13-10-19(36-22(32)14(13)2)25(5,33)27(35)9-8-26(34)16-11-20-28(37-20)21(31)17(29)12-18(30)24(28,4)15(16)6-7-23(26,27)3/h15-17,19-21,29,31,33-35H,6-12H2,1-5H3. The number of aliphatic hydroxyl groups excluding tert-OH is 2. The van der Waals surface area contributed by atoms with E-state index < -0.39 is 69.5 Å². The number of aliphatic hydroxyl groups is 5. The number of ketones is 1. The molecule has 12 unspecified atom stereocenters. The Balaban J connectivity index is 1.38. The van der Waals surface area contributed by atoms with Gasteiger partial charge in [0.1, 0.15) is 34.8 Å². The molecule has 1 spiro atoms. The summed E-state index contributed by atoms with van der Waals surface area (Å²) in [7, 11) is 0. The summed E-state index contributed by atoms with van der Waals surface area (Å²) in [5, 5.41) is 58.1. The molecule has 1 saturated heterocycles. The zero-order valence-corrected chi connectivity index (χ0v) is 22.3. The number of carbonyl (C=O) groups excluding carboxylic acids is 2. The Bertz CT molecular complexity index is 1110. The molecule has 2 heterocycles. The van der Waals surface area contributed by atoms with E-state index in [2.05, 4.69) is 0 Å². The minimum Gasteiger partial charge on any atom is -0.455 e. The maximum Gasteiger partial charge on any atom is 0.334 e. The van der Waals surface area contributed by atoms with Gasteiger partial charge in [-0.05, 0) is 71.6 Å². The third kappa shape index (κ3) is 2.62. The van der Waals surface area contributed by atoms with Crippen LogP contribution >= 0.6 is 0 Å². The first-order chi connectivity index (χ1) is 17.0. The van der Waals surface area contributed by atoms with Gasteiger partial charge in [-0.1, -0.05) is 12.5 Å². The summed E-state index contributed by atoms with van der Waals surface area (Å²) < 4.78 is 11.7. The molecule has 5 N–H and O–H groups in total. The molecular formula is C28H40O9. The zero-order chi connectivity index (χ0) is 27.1. The van der Waals surface area contributed by atoms with E-state index in [1.807, 2.05) is 20.8 Å². The van der Waals surface area contributed by atoms with Crippen LogP contribution in [0.25, 0.3) is 0 Å². The molecule has 0 aromatic heterocycles. The molecule has 4 saturated carbocycles. The van der Waals surface area contributed by atoms with Crippen LogP contribution in [-0.2, 0) is 19.1 Å². The minimum absolute atomic E-state index is 0.106. The van der Waals surface area contributed by atoms with Crippen molar-refractivity contribution in [1.82, 2.24) is 0 Å². The van der Waals surface area contributed by atoms with E-state index in [1.54, 1.807) is 6.92 Å². The molecule has 0 aromatic rings. The van der Waals surface area contributed by atoms with Crippen LogP contribution in [0.3, 0.4) is 0 Å². The van der Waals surface area contributed by atoms with Crippen molar-refractivity contribution in [2.45, 2.75) is 126 Å². The van der Waals surface area contributed by atoms with Crippen LogP contribution in [0.4, 0.5) is 0 Å². The van der Waals surface area contributed by atoms with Crippen LogP contribution in [0.15, 0.2) is 11.1 Å². The lowest BCUT2D eigenvalue weighted by atomic mass is 9.41. The Kier molecular flexibility index (Phi) is 5.06. The predicted octanol–water partition coefficient (Wildman–Crippen LogP) is 0.920. The molecular weight excluding hydrogens is 480 g/mol. The van der Waals surface area contributed by atoms with Gasteiger partial charge in [0.25, 0.3) is 0 Å². The van der Waals surface area contributed by atoms with E-state index in [-0.39, 0.29) is 31.0 Å². The van der Waals surface area contributed by atoms with Gasteiger partial charge in [0.05, 0.1) is 23.2 Å². The lowest BCUT2D eigenvalue weighted by Crippen LogP contribution is -2.74. The molecule has 9 nitrogen and oxygen atoms in total. The molecule has 6 rings (SSSR count). The third-order valence-corrected chi connectivity index (χ3v) is 12.5. The number of cyclic esters (lactones) is 1. The minimum atomic E-state index is -1.84. The Labute approximate surface area is 216 Å². The monoisotopic (exact) mass is 520 g/mol. The SMILES string of the molecule is CC1=C(C)C(=O)OC(C(C)(O)C2(O)CCC3(O)C4CC5OC56C(O)C(O)CC(=O)C6(C)C4CCC32C)C1. The molecule has 6 aliphatic rings. The van der Waals surface area contributed by atoms with Crippen molar-refractivity contribution >= 4 is 11.8 Å². The fourth-order valence-electron chi connectivity index (χ4n) is 9.78. The molecule has 12 atom stereocenters. The number of esters is 1. The van der Waals surface area contributed by atoms with Crippen LogP contribution in [0.2, 0.25) is 0 Å². The second kappa shape index (κ2) is 7.23. The van der Waals surface area contributed by atoms with Crippen molar-refractivity contribution in [2.24, 2.45) is 22.7 Å². The summed E-state index contributed by atoms with van der Waals surface area (Å²) in [4.78, 5) is 26.0. The van der Waals surface area contributed by atoms with E-state index >= 15 is 0 Å². The van der Waals surface area contributed by atoms with Gasteiger partial charge in [-0.25, -0.2) is 4.79 Å². The topological polar surface area (TPSA) is 157 Å². The molecule has 0 aromatic carbocycles. The summed E-state index contributed by atoms with van der Waals surface area (Å²) in [5.41, 5.74) is -7.09. The fourth-order valence-corrected chi connectivity index (χ4v) is 9.78.